The zero-order valence-electron chi connectivity index (χ0n) is 10.8. The average molecular weight is 293 g/mol. The molecule has 1 saturated heterocycles. The van der Waals surface area contributed by atoms with Gasteiger partial charge in [0, 0.05) is 16.3 Å². The number of thiazole rings is 1. The van der Waals surface area contributed by atoms with E-state index in [4.69, 9.17) is 5.73 Å². The van der Waals surface area contributed by atoms with Gasteiger partial charge >= 0.3 is 0 Å². The van der Waals surface area contributed by atoms with E-state index < -0.39 is 0 Å². The molecule has 3 heterocycles. The molecule has 2 aliphatic heterocycles. The van der Waals surface area contributed by atoms with Gasteiger partial charge in [-0.05, 0) is 25.5 Å². The maximum atomic E-state index is 11.8. The highest BCUT2D eigenvalue weighted by Gasteiger charge is 2.48. The van der Waals surface area contributed by atoms with E-state index in [0.29, 0.717) is 0 Å². The van der Waals surface area contributed by atoms with Crippen LogP contribution in [0, 0.1) is 6.92 Å². The number of carbonyl (C=O) groups is 1. The Morgan fingerprint density at radius 3 is 2.95 bits per heavy atom. The number of thioether (sulfide) groups is 1. The van der Waals surface area contributed by atoms with Crippen LogP contribution in [0.5, 0.6) is 0 Å². The van der Waals surface area contributed by atoms with Crippen molar-refractivity contribution >= 4 is 35.1 Å². The van der Waals surface area contributed by atoms with Crippen LogP contribution in [0.25, 0.3) is 6.08 Å². The van der Waals surface area contributed by atoms with Gasteiger partial charge in [0.2, 0.25) is 5.91 Å². The van der Waals surface area contributed by atoms with Gasteiger partial charge in [-0.2, -0.15) is 0 Å². The van der Waals surface area contributed by atoms with E-state index in [1.807, 2.05) is 24.3 Å². The molecule has 0 aromatic carbocycles. The van der Waals surface area contributed by atoms with Crippen molar-refractivity contribution in [2.24, 2.45) is 5.73 Å². The average Bonchev–Trinajstić information content (AvgIpc) is 2.81. The van der Waals surface area contributed by atoms with Gasteiger partial charge in [0.05, 0.1) is 11.2 Å². The van der Waals surface area contributed by atoms with Crippen LogP contribution in [0.4, 0.5) is 0 Å². The Morgan fingerprint density at radius 2 is 2.26 bits per heavy atom. The summed E-state index contributed by atoms with van der Waals surface area (Å²) in [7, 11) is 0. The quantitative estimate of drug-likeness (QED) is 0.847. The van der Waals surface area contributed by atoms with Crippen LogP contribution in [-0.2, 0) is 4.79 Å². The number of fused-ring (bicyclic) bond motifs is 1. The third kappa shape index (κ3) is 2.04. The number of β-lactam (4-membered cyclic amide) rings is 1. The first-order chi connectivity index (χ1) is 9.09. The number of aromatic nitrogens is 1. The van der Waals surface area contributed by atoms with Gasteiger partial charge in [0.25, 0.3) is 0 Å². The van der Waals surface area contributed by atoms with Crippen molar-refractivity contribution in [3.05, 3.63) is 33.4 Å². The zero-order chi connectivity index (χ0) is 13.6. The van der Waals surface area contributed by atoms with Gasteiger partial charge in [-0.15, -0.1) is 23.1 Å². The fourth-order valence-electron chi connectivity index (χ4n) is 2.27. The number of aryl methyl sites for hydroxylation is 1. The van der Waals surface area contributed by atoms with E-state index in [1.54, 1.807) is 23.1 Å². The molecule has 19 heavy (non-hydrogen) atoms. The zero-order valence-corrected chi connectivity index (χ0v) is 12.4. The molecule has 1 amide bonds. The van der Waals surface area contributed by atoms with Gasteiger partial charge in [0.15, 0.2) is 0 Å². The lowest BCUT2D eigenvalue weighted by Gasteiger charge is -2.48. The molecule has 2 N–H and O–H groups in total. The minimum Gasteiger partial charge on any atom is -0.317 e. The summed E-state index contributed by atoms with van der Waals surface area (Å²) in [5.41, 5.74) is 10.9. The van der Waals surface area contributed by atoms with E-state index in [-0.39, 0.29) is 17.3 Å². The number of carbonyl (C=O) groups excluding carboxylic acids is 1. The summed E-state index contributed by atoms with van der Waals surface area (Å²) in [6.45, 7) is 4.00. The van der Waals surface area contributed by atoms with Crippen molar-refractivity contribution in [2.75, 3.05) is 5.75 Å². The molecule has 4 nitrogen and oxygen atoms in total. The van der Waals surface area contributed by atoms with E-state index in [0.717, 1.165) is 17.1 Å². The smallest absolute Gasteiger partial charge is 0.247 e. The first-order valence-electron chi connectivity index (χ1n) is 6.08. The summed E-state index contributed by atoms with van der Waals surface area (Å²) < 4.78 is 0. The molecule has 3 rings (SSSR count). The molecule has 0 aliphatic carbocycles. The van der Waals surface area contributed by atoms with Crippen LogP contribution in [0.15, 0.2) is 22.9 Å². The SMILES string of the molecule is CC1=C(C=Cc2scnc2C)CS[C@@H]2[C@H](N)C(=O)N12. The summed E-state index contributed by atoms with van der Waals surface area (Å²) in [5.74, 6) is 0.942. The number of amides is 1. The number of hydrogen-bond acceptors (Lipinski definition) is 5. The molecule has 2 aliphatic rings. The van der Waals surface area contributed by atoms with Crippen molar-refractivity contribution in [3.8, 4) is 0 Å². The monoisotopic (exact) mass is 293 g/mol. The molecule has 100 valence electrons. The van der Waals surface area contributed by atoms with Gasteiger partial charge in [-0.25, -0.2) is 4.98 Å². The second kappa shape index (κ2) is 4.77. The van der Waals surface area contributed by atoms with Crippen LogP contribution < -0.4 is 5.73 Å². The lowest BCUT2D eigenvalue weighted by molar-refractivity contribution is -0.141. The second-order valence-electron chi connectivity index (χ2n) is 4.68. The molecular formula is C13H15N3OS2. The van der Waals surface area contributed by atoms with Crippen LogP contribution >= 0.6 is 23.1 Å². The standard InChI is InChI=1S/C13H15N3OS2/c1-7-10(19-6-15-7)4-3-9-5-18-13-11(14)12(17)16(13)8(9)2/h3-4,6,11,13H,5,14H2,1-2H3/t11-,13-/m1/s1. The predicted molar refractivity (Wildman–Crippen MR) is 79.7 cm³/mol. The molecule has 0 radical (unpaired) electrons. The molecule has 6 heteroatoms. The second-order valence-corrected chi connectivity index (χ2v) is 6.67. The molecule has 0 saturated carbocycles. The Labute approximate surface area is 120 Å². The van der Waals surface area contributed by atoms with Crippen molar-refractivity contribution in [1.29, 1.82) is 0 Å². The summed E-state index contributed by atoms with van der Waals surface area (Å²) >= 11 is 3.36. The highest BCUT2D eigenvalue weighted by atomic mass is 32.2. The van der Waals surface area contributed by atoms with Crippen molar-refractivity contribution in [3.63, 3.8) is 0 Å². The molecule has 0 spiro atoms. The first kappa shape index (κ1) is 12.9. The summed E-state index contributed by atoms with van der Waals surface area (Å²) in [6.07, 6.45) is 4.17. The third-order valence-electron chi connectivity index (χ3n) is 3.54. The van der Waals surface area contributed by atoms with Crippen molar-refractivity contribution < 1.29 is 4.79 Å². The van der Waals surface area contributed by atoms with Gasteiger partial charge in [-0.3, -0.25) is 4.79 Å². The lowest BCUT2D eigenvalue weighted by atomic mass is 10.0. The van der Waals surface area contributed by atoms with Crippen LogP contribution in [0.3, 0.4) is 0 Å². The fourth-order valence-corrected chi connectivity index (χ4v) is 4.36. The maximum Gasteiger partial charge on any atom is 0.247 e. The van der Waals surface area contributed by atoms with Gasteiger partial charge in [-0.1, -0.05) is 6.08 Å². The highest BCUT2D eigenvalue weighted by Crippen LogP contribution is 2.39. The molecule has 1 aromatic heterocycles. The Balaban J connectivity index is 1.84. The number of hydrogen-bond donors (Lipinski definition) is 1. The topological polar surface area (TPSA) is 59.2 Å². The van der Waals surface area contributed by atoms with Crippen LogP contribution in [0.1, 0.15) is 17.5 Å². The van der Waals surface area contributed by atoms with Gasteiger partial charge < -0.3 is 10.6 Å². The Kier molecular flexibility index (Phi) is 3.24. The normalized spacial score (nSPS) is 26.9. The largest absolute Gasteiger partial charge is 0.317 e. The van der Waals surface area contributed by atoms with Crippen LogP contribution in [0.2, 0.25) is 0 Å². The van der Waals surface area contributed by atoms with E-state index in [9.17, 15) is 4.79 Å². The molecule has 1 fully saturated rings. The molecule has 2 atom stereocenters. The Bertz CT molecular complexity index is 590. The molecule has 0 unspecified atom stereocenters. The molecular weight excluding hydrogens is 278 g/mol. The number of allylic oxidation sites excluding steroid dienone is 2. The maximum absolute atomic E-state index is 11.8. The van der Waals surface area contributed by atoms with Crippen molar-refractivity contribution in [2.45, 2.75) is 25.3 Å². The Morgan fingerprint density at radius 1 is 1.47 bits per heavy atom. The van der Waals surface area contributed by atoms with E-state index >= 15 is 0 Å². The third-order valence-corrected chi connectivity index (χ3v) is 5.76. The van der Waals surface area contributed by atoms with Gasteiger partial charge in [0.1, 0.15) is 11.4 Å². The minimum absolute atomic E-state index is 0.0366. The number of nitrogens with zero attached hydrogens (tertiary/aromatic N) is 2. The van der Waals surface area contributed by atoms with E-state index in [1.165, 1.54) is 10.5 Å². The number of nitrogens with two attached hydrogens (primary N) is 1. The first-order valence-corrected chi connectivity index (χ1v) is 8.00. The minimum atomic E-state index is -0.325. The fraction of sp³-hybridized carbons (Fsp3) is 0.385. The molecule has 1 aromatic rings. The Hall–Kier alpha value is -1.11. The summed E-state index contributed by atoms with van der Waals surface area (Å²) in [6, 6.07) is -0.325. The number of rotatable bonds is 2. The predicted octanol–water partition coefficient (Wildman–Crippen LogP) is 1.98. The van der Waals surface area contributed by atoms with Crippen molar-refractivity contribution in [1.82, 2.24) is 9.88 Å². The highest BCUT2D eigenvalue weighted by molar-refractivity contribution is 8.00. The molecule has 0 bridgehead atoms. The summed E-state index contributed by atoms with van der Waals surface area (Å²) in [5, 5.41) is 0.134. The van der Waals surface area contributed by atoms with E-state index in [2.05, 4.69) is 17.1 Å². The summed E-state index contributed by atoms with van der Waals surface area (Å²) in [4.78, 5) is 19.0. The lowest BCUT2D eigenvalue weighted by Crippen LogP contribution is -2.67. The van der Waals surface area contributed by atoms with Crippen LogP contribution in [-0.4, -0.2) is 33.0 Å².